The number of rotatable bonds is 2. The maximum Gasteiger partial charge on any atom is 0.143 e. The predicted octanol–water partition coefficient (Wildman–Crippen LogP) is 2.27. The monoisotopic (exact) mass is 253 g/mol. The molecular weight excluding hydrogens is 226 g/mol. The summed E-state index contributed by atoms with van der Waals surface area (Å²) < 4.78 is 0. The molecule has 104 valence electrons. The summed E-state index contributed by atoms with van der Waals surface area (Å²) >= 11 is 0. The Bertz CT molecular complexity index is 295. The first-order valence-electron chi connectivity index (χ1n) is 7.31. The van der Waals surface area contributed by atoms with Crippen molar-refractivity contribution in [1.82, 2.24) is 4.90 Å². The zero-order valence-corrected chi connectivity index (χ0v) is 11.7. The van der Waals surface area contributed by atoms with Crippen LogP contribution in [0, 0.1) is 17.8 Å². The van der Waals surface area contributed by atoms with E-state index < -0.39 is 0 Å². The number of hydrogen-bond donors (Lipinski definition) is 2. The molecular formula is C14H27N3O. The van der Waals surface area contributed by atoms with Gasteiger partial charge < -0.3 is 10.9 Å². The van der Waals surface area contributed by atoms with Gasteiger partial charge in [0.05, 0.1) is 0 Å². The third kappa shape index (κ3) is 3.16. The quantitative estimate of drug-likeness (QED) is 0.343. The summed E-state index contributed by atoms with van der Waals surface area (Å²) in [6, 6.07) is 0.707. The molecule has 1 saturated carbocycles. The Balaban J connectivity index is 1.96. The topological polar surface area (TPSA) is 61.8 Å². The van der Waals surface area contributed by atoms with Gasteiger partial charge in [0, 0.05) is 18.5 Å². The van der Waals surface area contributed by atoms with Gasteiger partial charge in [-0.25, -0.2) is 0 Å². The van der Waals surface area contributed by atoms with Gasteiger partial charge in [0.1, 0.15) is 5.84 Å². The van der Waals surface area contributed by atoms with E-state index in [0.29, 0.717) is 11.9 Å². The number of oxime groups is 1. The summed E-state index contributed by atoms with van der Waals surface area (Å²) in [6.07, 6.45) is 6.22. The minimum absolute atomic E-state index is 0.247. The van der Waals surface area contributed by atoms with Crippen molar-refractivity contribution in [1.29, 1.82) is 0 Å². The summed E-state index contributed by atoms with van der Waals surface area (Å²) in [5.74, 6) is 2.33. The second-order valence-corrected chi connectivity index (χ2v) is 6.43. The molecule has 3 atom stereocenters. The van der Waals surface area contributed by atoms with E-state index in [9.17, 15) is 0 Å². The van der Waals surface area contributed by atoms with E-state index in [2.05, 4.69) is 23.9 Å². The third-order valence-corrected chi connectivity index (χ3v) is 4.66. The molecule has 1 aliphatic heterocycles. The fraction of sp³-hybridized carbons (Fsp3) is 0.929. The first-order chi connectivity index (χ1) is 8.60. The van der Waals surface area contributed by atoms with Crippen molar-refractivity contribution in [2.75, 3.05) is 13.1 Å². The molecule has 3 N–H and O–H groups in total. The lowest BCUT2D eigenvalue weighted by molar-refractivity contribution is 0.0807. The fourth-order valence-corrected chi connectivity index (χ4v) is 3.86. The number of nitrogens with two attached hydrogens (primary N) is 1. The smallest absolute Gasteiger partial charge is 0.143 e. The molecule has 0 radical (unpaired) electrons. The van der Waals surface area contributed by atoms with Crippen molar-refractivity contribution in [3.63, 3.8) is 0 Å². The van der Waals surface area contributed by atoms with Crippen LogP contribution in [0.15, 0.2) is 5.16 Å². The van der Waals surface area contributed by atoms with Crippen LogP contribution in [0.25, 0.3) is 0 Å². The molecule has 1 saturated heterocycles. The van der Waals surface area contributed by atoms with Gasteiger partial charge in [-0.05, 0) is 50.5 Å². The highest BCUT2D eigenvalue weighted by Crippen LogP contribution is 2.33. The molecule has 0 aromatic rings. The first-order valence-corrected chi connectivity index (χ1v) is 7.31. The average Bonchev–Trinajstić information content (AvgIpc) is 2.37. The second kappa shape index (κ2) is 5.91. The van der Waals surface area contributed by atoms with Gasteiger partial charge in [0.15, 0.2) is 0 Å². The van der Waals surface area contributed by atoms with Gasteiger partial charge in [0.2, 0.25) is 0 Å². The van der Waals surface area contributed by atoms with Gasteiger partial charge in [-0.2, -0.15) is 0 Å². The first kappa shape index (κ1) is 13.7. The number of piperidine rings is 1. The average molecular weight is 253 g/mol. The van der Waals surface area contributed by atoms with Crippen molar-refractivity contribution in [2.24, 2.45) is 28.6 Å². The van der Waals surface area contributed by atoms with Crippen molar-refractivity contribution in [3.8, 4) is 0 Å². The van der Waals surface area contributed by atoms with Crippen LogP contribution in [0.1, 0.15) is 46.0 Å². The van der Waals surface area contributed by atoms with Gasteiger partial charge in [-0.3, -0.25) is 4.90 Å². The molecule has 0 spiro atoms. The molecule has 0 aromatic carbocycles. The highest BCUT2D eigenvalue weighted by Gasteiger charge is 2.32. The maximum atomic E-state index is 8.81. The van der Waals surface area contributed by atoms with Gasteiger partial charge >= 0.3 is 0 Å². The van der Waals surface area contributed by atoms with Crippen molar-refractivity contribution < 1.29 is 5.21 Å². The Morgan fingerprint density at radius 3 is 2.50 bits per heavy atom. The molecule has 0 bridgehead atoms. The molecule has 2 aliphatic rings. The van der Waals surface area contributed by atoms with E-state index >= 15 is 0 Å². The molecule has 1 aliphatic carbocycles. The summed E-state index contributed by atoms with van der Waals surface area (Å²) in [7, 11) is 0. The Labute approximate surface area is 110 Å². The summed E-state index contributed by atoms with van der Waals surface area (Å²) in [6.45, 7) is 6.89. The molecule has 1 heterocycles. The van der Waals surface area contributed by atoms with E-state index in [1.807, 2.05) is 0 Å². The highest BCUT2D eigenvalue weighted by atomic mass is 16.4. The van der Waals surface area contributed by atoms with E-state index in [1.54, 1.807) is 0 Å². The SMILES string of the molecule is CC1CC(C)CC(N2CCCC(C(N)=NO)C2)C1. The normalized spacial score (nSPS) is 39.8. The Hall–Kier alpha value is -0.770. The van der Waals surface area contributed by atoms with Crippen LogP contribution < -0.4 is 5.73 Å². The van der Waals surface area contributed by atoms with Crippen molar-refractivity contribution in [2.45, 2.75) is 52.0 Å². The summed E-state index contributed by atoms with van der Waals surface area (Å²) in [5.41, 5.74) is 5.77. The lowest BCUT2D eigenvalue weighted by Crippen LogP contribution is -2.48. The van der Waals surface area contributed by atoms with E-state index in [0.717, 1.165) is 24.8 Å². The van der Waals surface area contributed by atoms with E-state index in [1.165, 1.54) is 32.2 Å². The molecule has 0 aromatic heterocycles. The fourth-order valence-electron chi connectivity index (χ4n) is 3.86. The maximum absolute atomic E-state index is 8.81. The summed E-state index contributed by atoms with van der Waals surface area (Å²) in [4.78, 5) is 2.58. The van der Waals surface area contributed by atoms with Crippen LogP contribution >= 0.6 is 0 Å². The molecule has 18 heavy (non-hydrogen) atoms. The number of nitrogens with zero attached hydrogens (tertiary/aromatic N) is 2. The lowest BCUT2D eigenvalue weighted by atomic mass is 9.79. The number of likely N-dealkylation sites (tertiary alicyclic amines) is 1. The van der Waals surface area contributed by atoms with Crippen LogP contribution in [0.5, 0.6) is 0 Å². The minimum Gasteiger partial charge on any atom is -0.409 e. The molecule has 4 nitrogen and oxygen atoms in total. The second-order valence-electron chi connectivity index (χ2n) is 6.43. The zero-order chi connectivity index (χ0) is 13.1. The van der Waals surface area contributed by atoms with Crippen molar-refractivity contribution in [3.05, 3.63) is 0 Å². The van der Waals surface area contributed by atoms with Crippen molar-refractivity contribution >= 4 is 5.84 Å². The van der Waals surface area contributed by atoms with E-state index in [-0.39, 0.29) is 5.92 Å². The number of amidine groups is 1. The molecule has 0 amide bonds. The Morgan fingerprint density at radius 2 is 1.89 bits per heavy atom. The molecule has 4 heteroatoms. The zero-order valence-electron chi connectivity index (χ0n) is 11.7. The highest BCUT2D eigenvalue weighted by molar-refractivity contribution is 5.82. The van der Waals surface area contributed by atoms with Gasteiger partial charge in [-0.1, -0.05) is 19.0 Å². The standard InChI is InChI=1S/C14H27N3O/c1-10-6-11(2)8-13(7-10)17-5-3-4-12(9-17)14(15)16-18/h10-13,18H,3-9H2,1-2H3,(H2,15,16). The van der Waals surface area contributed by atoms with Gasteiger partial charge in [-0.15, -0.1) is 0 Å². The predicted molar refractivity (Wildman–Crippen MR) is 73.7 cm³/mol. The van der Waals surface area contributed by atoms with E-state index in [4.69, 9.17) is 10.9 Å². The molecule has 2 rings (SSSR count). The van der Waals surface area contributed by atoms with Crippen LogP contribution in [-0.4, -0.2) is 35.1 Å². The van der Waals surface area contributed by atoms with Crippen LogP contribution in [-0.2, 0) is 0 Å². The largest absolute Gasteiger partial charge is 0.409 e. The van der Waals surface area contributed by atoms with Crippen LogP contribution in [0.4, 0.5) is 0 Å². The lowest BCUT2D eigenvalue weighted by Gasteiger charge is -2.42. The number of hydrogen-bond acceptors (Lipinski definition) is 3. The van der Waals surface area contributed by atoms with Crippen LogP contribution in [0.3, 0.4) is 0 Å². The van der Waals surface area contributed by atoms with Gasteiger partial charge in [0.25, 0.3) is 0 Å². The summed E-state index contributed by atoms with van der Waals surface area (Å²) in [5, 5.41) is 12.0. The minimum atomic E-state index is 0.247. The Morgan fingerprint density at radius 1 is 1.22 bits per heavy atom. The third-order valence-electron chi connectivity index (χ3n) is 4.66. The molecule has 2 fully saturated rings. The Kier molecular flexibility index (Phi) is 4.49. The molecule has 3 unspecified atom stereocenters. The van der Waals surface area contributed by atoms with Crippen LogP contribution in [0.2, 0.25) is 0 Å².